The van der Waals surface area contributed by atoms with Gasteiger partial charge in [0.15, 0.2) is 11.4 Å². The fraction of sp³-hybridized carbons (Fsp3) is 0.857. The molecule has 4 heteroatoms. The standard InChI is InChI=1S/C14H25NO3/c1-9(2)12(16)14(7-8-14)18-13(17)15(10(3)4)11(5)6/h9-11H,7-8H2,1-6H3. The summed E-state index contributed by atoms with van der Waals surface area (Å²) in [6, 6.07) is 0.143. The molecule has 1 aliphatic rings. The maximum absolute atomic E-state index is 12.2. The van der Waals surface area contributed by atoms with E-state index in [1.165, 1.54) is 0 Å². The number of carbonyl (C=O) groups is 2. The SMILES string of the molecule is CC(C)C(=O)C1(OC(=O)N(C(C)C)C(C)C)CC1. The molecule has 0 spiro atoms. The Bertz CT molecular complexity index is 322. The van der Waals surface area contributed by atoms with Gasteiger partial charge in [0.1, 0.15) is 0 Å². The molecule has 1 rings (SSSR count). The van der Waals surface area contributed by atoms with Crippen LogP contribution in [0.4, 0.5) is 4.79 Å². The summed E-state index contributed by atoms with van der Waals surface area (Å²) in [5.41, 5.74) is -0.826. The second-order valence-corrected chi connectivity index (χ2v) is 5.98. The molecule has 1 saturated carbocycles. The maximum Gasteiger partial charge on any atom is 0.411 e. The Hall–Kier alpha value is -1.06. The highest BCUT2D eigenvalue weighted by Gasteiger charge is 2.54. The number of carbonyl (C=O) groups excluding carboxylic acids is 2. The molecule has 0 aromatic rings. The quantitative estimate of drug-likeness (QED) is 0.758. The van der Waals surface area contributed by atoms with E-state index in [1.807, 2.05) is 41.5 Å². The van der Waals surface area contributed by atoms with Gasteiger partial charge >= 0.3 is 6.09 Å². The van der Waals surface area contributed by atoms with Crippen LogP contribution in [0.15, 0.2) is 0 Å². The van der Waals surface area contributed by atoms with Crippen molar-refractivity contribution in [1.29, 1.82) is 0 Å². The number of hydrogen-bond acceptors (Lipinski definition) is 3. The molecule has 1 amide bonds. The summed E-state index contributed by atoms with van der Waals surface area (Å²) in [5, 5.41) is 0. The lowest BCUT2D eigenvalue weighted by Crippen LogP contribution is -2.46. The second kappa shape index (κ2) is 5.29. The molecule has 0 radical (unpaired) electrons. The Kier molecular flexibility index (Phi) is 4.41. The molecule has 0 N–H and O–H groups in total. The van der Waals surface area contributed by atoms with Crippen LogP contribution in [0.25, 0.3) is 0 Å². The predicted octanol–water partition coefficient (Wildman–Crippen LogP) is 3.00. The van der Waals surface area contributed by atoms with Crippen molar-refractivity contribution >= 4 is 11.9 Å². The van der Waals surface area contributed by atoms with E-state index >= 15 is 0 Å². The lowest BCUT2D eigenvalue weighted by Gasteiger charge is -2.31. The summed E-state index contributed by atoms with van der Waals surface area (Å²) >= 11 is 0. The van der Waals surface area contributed by atoms with Crippen molar-refractivity contribution < 1.29 is 14.3 Å². The van der Waals surface area contributed by atoms with E-state index < -0.39 is 5.60 Å². The lowest BCUT2D eigenvalue weighted by molar-refractivity contribution is -0.133. The third kappa shape index (κ3) is 3.03. The molecule has 0 atom stereocenters. The van der Waals surface area contributed by atoms with E-state index in [2.05, 4.69) is 0 Å². The molecule has 1 aliphatic carbocycles. The smallest absolute Gasteiger partial charge is 0.411 e. The number of ether oxygens (including phenoxy) is 1. The zero-order valence-corrected chi connectivity index (χ0v) is 12.3. The molecular weight excluding hydrogens is 230 g/mol. The van der Waals surface area contributed by atoms with Crippen LogP contribution in [-0.2, 0) is 9.53 Å². The van der Waals surface area contributed by atoms with Crippen LogP contribution in [0, 0.1) is 5.92 Å². The first-order valence-electron chi connectivity index (χ1n) is 6.77. The summed E-state index contributed by atoms with van der Waals surface area (Å²) < 4.78 is 5.49. The molecule has 0 heterocycles. The van der Waals surface area contributed by atoms with Crippen LogP contribution in [0.1, 0.15) is 54.4 Å². The van der Waals surface area contributed by atoms with Crippen LogP contribution in [0.5, 0.6) is 0 Å². The van der Waals surface area contributed by atoms with Crippen LogP contribution in [0.2, 0.25) is 0 Å². The fourth-order valence-electron chi connectivity index (χ4n) is 2.28. The van der Waals surface area contributed by atoms with Crippen molar-refractivity contribution in [2.75, 3.05) is 0 Å². The minimum absolute atomic E-state index is 0.0447. The fourth-order valence-corrected chi connectivity index (χ4v) is 2.28. The highest BCUT2D eigenvalue weighted by Crippen LogP contribution is 2.43. The molecule has 0 saturated heterocycles. The normalized spacial score (nSPS) is 17.2. The largest absolute Gasteiger partial charge is 0.435 e. The van der Waals surface area contributed by atoms with Crippen LogP contribution >= 0.6 is 0 Å². The number of ketones is 1. The molecule has 0 aromatic carbocycles. The zero-order chi connectivity index (χ0) is 14.1. The van der Waals surface area contributed by atoms with E-state index in [1.54, 1.807) is 4.90 Å². The third-order valence-electron chi connectivity index (χ3n) is 3.28. The summed E-state index contributed by atoms with van der Waals surface area (Å²) in [7, 11) is 0. The topological polar surface area (TPSA) is 46.6 Å². The Labute approximate surface area is 110 Å². The number of Topliss-reactive ketones (excluding diaryl/α,β-unsaturated/α-hetero) is 1. The number of amides is 1. The Balaban J connectivity index is 2.73. The van der Waals surface area contributed by atoms with Crippen LogP contribution in [-0.4, -0.2) is 34.5 Å². The number of nitrogens with zero attached hydrogens (tertiary/aromatic N) is 1. The number of hydrogen-bond donors (Lipinski definition) is 0. The van der Waals surface area contributed by atoms with E-state index in [9.17, 15) is 9.59 Å². The molecule has 18 heavy (non-hydrogen) atoms. The van der Waals surface area contributed by atoms with Gasteiger partial charge < -0.3 is 9.64 Å². The average molecular weight is 255 g/mol. The van der Waals surface area contributed by atoms with Crippen LogP contribution < -0.4 is 0 Å². The predicted molar refractivity (Wildman–Crippen MR) is 70.4 cm³/mol. The van der Waals surface area contributed by atoms with Crippen molar-refractivity contribution in [3.05, 3.63) is 0 Å². The van der Waals surface area contributed by atoms with Gasteiger partial charge in [-0.25, -0.2) is 4.79 Å². The highest BCUT2D eigenvalue weighted by atomic mass is 16.6. The minimum Gasteiger partial charge on any atom is -0.435 e. The first-order valence-corrected chi connectivity index (χ1v) is 6.77. The van der Waals surface area contributed by atoms with Crippen molar-refractivity contribution in [2.45, 2.75) is 72.1 Å². The zero-order valence-electron chi connectivity index (χ0n) is 12.3. The molecular formula is C14H25NO3. The summed E-state index contributed by atoms with van der Waals surface area (Å²) in [6.07, 6.45) is 0.964. The van der Waals surface area contributed by atoms with E-state index in [0.717, 1.165) is 0 Å². The maximum atomic E-state index is 12.2. The van der Waals surface area contributed by atoms with Gasteiger partial charge in [0.05, 0.1) is 0 Å². The Morgan fingerprint density at radius 3 is 1.72 bits per heavy atom. The Morgan fingerprint density at radius 2 is 1.44 bits per heavy atom. The summed E-state index contributed by atoms with van der Waals surface area (Å²) in [4.78, 5) is 25.9. The van der Waals surface area contributed by atoms with E-state index in [-0.39, 0.29) is 29.9 Å². The average Bonchev–Trinajstić information content (AvgIpc) is 2.95. The van der Waals surface area contributed by atoms with Gasteiger partial charge in [-0.2, -0.15) is 0 Å². The van der Waals surface area contributed by atoms with Gasteiger partial charge in [-0.15, -0.1) is 0 Å². The van der Waals surface area contributed by atoms with Gasteiger partial charge in [-0.3, -0.25) is 4.79 Å². The first-order chi connectivity index (χ1) is 8.21. The first kappa shape index (κ1) is 15.0. The molecule has 0 aromatic heterocycles. The Morgan fingerprint density at radius 1 is 1.00 bits per heavy atom. The molecule has 1 fully saturated rings. The molecule has 0 unspecified atom stereocenters. The summed E-state index contributed by atoms with van der Waals surface area (Å²) in [5.74, 6) is -0.0461. The van der Waals surface area contributed by atoms with Gasteiger partial charge in [-0.05, 0) is 40.5 Å². The molecule has 0 bridgehead atoms. The summed E-state index contributed by atoms with van der Waals surface area (Å²) in [6.45, 7) is 11.5. The van der Waals surface area contributed by atoms with Gasteiger partial charge in [0, 0.05) is 18.0 Å². The minimum atomic E-state index is -0.826. The van der Waals surface area contributed by atoms with Gasteiger partial charge in [0.25, 0.3) is 0 Å². The van der Waals surface area contributed by atoms with E-state index in [4.69, 9.17) is 4.74 Å². The monoisotopic (exact) mass is 255 g/mol. The highest BCUT2D eigenvalue weighted by molar-refractivity contribution is 5.93. The third-order valence-corrected chi connectivity index (χ3v) is 3.28. The lowest BCUT2D eigenvalue weighted by atomic mass is 10.0. The van der Waals surface area contributed by atoms with Crippen molar-refractivity contribution in [2.24, 2.45) is 5.92 Å². The van der Waals surface area contributed by atoms with Gasteiger partial charge in [-0.1, -0.05) is 13.8 Å². The van der Waals surface area contributed by atoms with Gasteiger partial charge in [0.2, 0.25) is 0 Å². The van der Waals surface area contributed by atoms with Crippen molar-refractivity contribution in [3.8, 4) is 0 Å². The van der Waals surface area contributed by atoms with E-state index in [0.29, 0.717) is 12.8 Å². The second-order valence-electron chi connectivity index (χ2n) is 5.98. The molecule has 0 aliphatic heterocycles. The molecule has 104 valence electrons. The van der Waals surface area contributed by atoms with Crippen molar-refractivity contribution in [1.82, 2.24) is 4.90 Å². The number of rotatable bonds is 5. The molecule has 4 nitrogen and oxygen atoms in total. The van der Waals surface area contributed by atoms with Crippen LogP contribution in [0.3, 0.4) is 0 Å². The van der Waals surface area contributed by atoms with Crippen molar-refractivity contribution in [3.63, 3.8) is 0 Å².